The third kappa shape index (κ3) is 10.5. The van der Waals surface area contributed by atoms with Crippen molar-refractivity contribution in [3.63, 3.8) is 0 Å². The van der Waals surface area contributed by atoms with E-state index in [1.54, 1.807) is 7.05 Å². The summed E-state index contributed by atoms with van der Waals surface area (Å²) in [4.78, 5) is 15.9. The highest BCUT2D eigenvalue weighted by Gasteiger charge is 2.03. The Balaban J connectivity index is 0.00000484. The number of aliphatic imine (C=N–C) groups is 1. The zero-order valence-electron chi connectivity index (χ0n) is 13.4. The van der Waals surface area contributed by atoms with Gasteiger partial charge in [-0.2, -0.15) is 0 Å². The van der Waals surface area contributed by atoms with Crippen LogP contribution >= 0.6 is 39.9 Å². The number of rotatable bonds is 8. The van der Waals surface area contributed by atoms with Crippen LogP contribution in [0.4, 0.5) is 5.69 Å². The Morgan fingerprint density at radius 1 is 1.22 bits per heavy atom. The first-order valence-electron chi connectivity index (χ1n) is 7.23. The number of halogens is 2. The van der Waals surface area contributed by atoms with Gasteiger partial charge in [-0.1, -0.05) is 15.9 Å². The van der Waals surface area contributed by atoms with Crippen LogP contribution in [0.25, 0.3) is 0 Å². The molecular formula is C15H24BrIN4O2. The number of anilines is 1. The summed E-state index contributed by atoms with van der Waals surface area (Å²) in [6.07, 6.45) is 0.363. The summed E-state index contributed by atoms with van der Waals surface area (Å²) in [6.45, 7) is 4.47. The molecule has 6 nitrogen and oxygen atoms in total. The van der Waals surface area contributed by atoms with E-state index in [-0.39, 0.29) is 29.9 Å². The molecule has 0 fully saturated rings. The third-order valence-corrected chi connectivity index (χ3v) is 3.27. The van der Waals surface area contributed by atoms with Gasteiger partial charge in [-0.05, 0) is 31.2 Å². The number of hydrogen-bond donors (Lipinski definition) is 3. The number of carbonyl (C=O) groups is 1. The molecule has 0 aliphatic heterocycles. The molecule has 1 aromatic rings. The van der Waals surface area contributed by atoms with Gasteiger partial charge in [0.1, 0.15) is 0 Å². The van der Waals surface area contributed by atoms with E-state index in [0.717, 1.165) is 10.2 Å². The van der Waals surface area contributed by atoms with Crippen LogP contribution in [0.3, 0.4) is 0 Å². The number of benzene rings is 1. The lowest BCUT2D eigenvalue weighted by Gasteiger charge is -2.11. The minimum absolute atomic E-state index is 0. The molecule has 0 unspecified atom stereocenters. The van der Waals surface area contributed by atoms with Crippen LogP contribution < -0.4 is 16.0 Å². The molecule has 0 radical (unpaired) electrons. The van der Waals surface area contributed by atoms with Gasteiger partial charge in [-0.25, -0.2) is 0 Å². The van der Waals surface area contributed by atoms with Crippen molar-refractivity contribution in [3.8, 4) is 0 Å². The molecule has 0 aromatic heterocycles. The van der Waals surface area contributed by atoms with E-state index >= 15 is 0 Å². The van der Waals surface area contributed by atoms with Crippen molar-refractivity contribution < 1.29 is 9.53 Å². The van der Waals surface area contributed by atoms with Crippen LogP contribution in [0.2, 0.25) is 0 Å². The summed E-state index contributed by atoms with van der Waals surface area (Å²) in [5.41, 5.74) is 0.785. The van der Waals surface area contributed by atoms with Crippen molar-refractivity contribution in [1.82, 2.24) is 10.6 Å². The van der Waals surface area contributed by atoms with Crippen molar-refractivity contribution in [1.29, 1.82) is 0 Å². The first-order valence-corrected chi connectivity index (χ1v) is 8.02. The topological polar surface area (TPSA) is 74.8 Å². The molecule has 23 heavy (non-hydrogen) atoms. The minimum atomic E-state index is -0.0420. The van der Waals surface area contributed by atoms with Gasteiger partial charge in [0.15, 0.2) is 5.96 Å². The second kappa shape index (κ2) is 13.6. The fourth-order valence-electron chi connectivity index (χ4n) is 1.66. The molecule has 130 valence electrons. The lowest BCUT2D eigenvalue weighted by atomic mass is 10.3. The van der Waals surface area contributed by atoms with Gasteiger partial charge in [0.25, 0.3) is 0 Å². The fraction of sp³-hybridized carbons (Fsp3) is 0.467. The predicted molar refractivity (Wildman–Crippen MR) is 109 cm³/mol. The van der Waals surface area contributed by atoms with Gasteiger partial charge in [0.2, 0.25) is 5.91 Å². The van der Waals surface area contributed by atoms with Gasteiger partial charge < -0.3 is 20.7 Å². The molecule has 0 saturated carbocycles. The predicted octanol–water partition coefficient (Wildman–Crippen LogP) is 2.60. The highest BCUT2D eigenvalue weighted by atomic mass is 127. The monoisotopic (exact) mass is 498 g/mol. The van der Waals surface area contributed by atoms with Crippen molar-refractivity contribution in [2.75, 3.05) is 38.7 Å². The number of amides is 1. The smallest absolute Gasteiger partial charge is 0.226 e. The summed E-state index contributed by atoms with van der Waals surface area (Å²) >= 11 is 3.36. The minimum Gasteiger partial charge on any atom is -0.380 e. The SMILES string of the molecule is CCOCCNC(=NC)NCCC(=O)Nc1ccc(Br)cc1.I. The van der Waals surface area contributed by atoms with E-state index in [4.69, 9.17) is 4.74 Å². The van der Waals surface area contributed by atoms with E-state index in [2.05, 4.69) is 36.9 Å². The first-order chi connectivity index (χ1) is 10.7. The molecule has 1 aromatic carbocycles. The number of carbonyl (C=O) groups excluding carboxylic acids is 1. The Morgan fingerprint density at radius 3 is 2.48 bits per heavy atom. The number of nitrogens with one attached hydrogen (secondary N) is 3. The highest BCUT2D eigenvalue weighted by Crippen LogP contribution is 2.14. The first kappa shape index (κ1) is 22.1. The Labute approximate surface area is 163 Å². The van der Waals surface area contributed by atoms with E-state index in [0.29, 0.717) is 38.7 Å². The molecule has 0 heterocycles. The molecule has 0 aliphatic carbocycles. The Kier molecular flexibility index (Phi) is 13.0. The normalized spacial score (nSPS) is 10.7. The van der Waals surface area contributed by atoms with Crippen molar-refractivity contribution in [3.05, 3.63) is 28.7 Å². The average molecular weight is 499 g/mol. The maximum Gasteiger partial charge on any atom is 0.226 e. The van der Waals surface area contributed by atoms with Crippen LogP contribution in [-0.2, 0) is 9.53 Å². The number of hydrogen-bond acceptors (Lipinski definition) is 3. The molecule has 1 rings (SSSR count). The molecule has 0 bridgehead atoms. The summed E-state index contributed by atoms with van der Waals surface area (Å²) < 4.78 is 6.21. The average Bonchev–Trinajstić information content (AvgIpc) is 2.52. The molecule has 0 atom stereocenters. The summed E-state index contributed by atoms with van der Waals surface area (Å²) in [5, 5.41) is 9.04. The van der Waals surface area contributed by atoms with Crippen LogP contribution in [0.1, 0.15) is 13.3 Å². The molecule has 0 saturated heterocycles. The maximum atomic E-state index is 11.8. The largest absolute Gasteiger partial charge is 0.380 e. The standard InChI is InChI=1S/C15H23BrN4O2.HI/c1-3-22-11-10-19-15(17-2)18-9-8-14(21)20-13-6-4-12(16)5-7-13;/h4-7H,3,8-11H2,1-2H3,(H,20,21)(H2,17,18,19);1H. The number of ether oxygens (including phenoxy) is 1. The van der Waals surface area contributed by atoms with Gasteiger partial charge in [0, 0.05) is 43.3 Å². The molecule has 8 heteroatoms. The zero-order chi connectivity index (χ0) is 16.2. The summed E-state index contributed by atoms with van der Waals surface area (Å²) in [6, 6.07) is 7.48. The number of nitrogens with zero attached hydrogens (tertiary/aromatic N) is 1. The van der Waals surface area contributed by atoms with Crippen molar-refractivity contribution >= 4 is 57.5 Å². The number of guanidine groups is 1. The Hall–Kier alpha value is -0.870. The van der Waals surface area contributed by atoms with Crippen LogP contribution in [0.5, 0.6) is 0 Å². The van der Waals surface area contributed by atoms with E-state index in [9.17, 15) is 4.79 Å². The summed E-state index contributed by atoms with van der Waals surface area (Å²) in [7, 11) is 1.69. The van der Waals surface area contributed by atoms with Crippen LogP contribution in [-0.4, -0.2) is 45.2 Å². The summed E-state index contributed by atoms with van der Waals surface area (Å²) in [5.74, 6) is 0.621. The lowest BCUT2D eigenvalue weighted by Crippen LogP contribution is -2.40. The van der Waals surface area contributed by atoms with Gasteiger partial charge in [-0.3, -0.25) is 9.79 Å². The van der Waals surface area contributed by atoms with Crippen molar-refractivity contribution in [2.24, 2.45) is 4.99 Å². The molecule has 0 aliphatic rings. The van der Waals surface area contributed by atoms with Gasteiger partial charge in [-0.15, -0.1) is 24.0 Å². The Morgan fingerprint density at radius 2 is 1.87 bits per heavy atom. The molecule has 0 spiro atoms. The van der Waals surface area contributed by atoms with Gasteiger partial charge >= 0.3 is 0 Å². The van der Waals surface area contributed by atoms with Gasteiger partial charge in [0.05, 0.1) is 6.61 Å². The van der Waals surface area contributed by atoms with E-state index < -0.39 is 0 Å². The quantitative estimate of drug-likeness (QED) is 0.223. The Bertz CT molecular complexity index is 483. The van der Waals surface area contributed by atoms with E-state index in [1.165, 1.54) is 0 Å². The van der Waals surface area contributed by atoms with E-state index in [1.807, 2.05) is 31.2 Å². The zero-order valence-corrected chi connectivity index (χ0v) is 17.3. The molecular weight excluding hydrogens is 475 g/mol. The maximum absolute atomic E-state index is 11.8. The second-order valence-electron chi connectivity index (χ2n) is 4.43. The van der Waals surface area contributed by atoms with Crippen LogP contribution in [0, 0.1) is 0 Å². The third-order valence-electron chi connectivity index (χ3n) is 2.74. The lowest BCUT2D eigenvalue weighted by molar-refractivity contribution is -0.116. The van der Waals surface area contributed by atoms with Crippen molar-refractivity contribution in [2.45, 2.75) is 13.3 Å². The second-order valence-corrected chi connectivity index (χ2v) is 5.34. The fourth-order valence-corrected chi connectivity index (χ4v) is 1.92. The van der Waals surface area contributed by atoms with Crippen LogP contribution in [0.15, 0.2) is 33.7 Å². The highest BCUT2D eigenvalue weighted by molar-refractivity contribution is 14.0. The molecule has 1 amide bonds. The molecule has 3 N–H and O–H groups in total.